The number of amides is 1. The van der Waals surface area contributed by atoms with Crippen LogP contribution in [0, 0.1) is 62.1 Å². The molecule has 8 nitrogen and oxygen atoms in total. The number of rotatable bonds is 17. The number of allylic oxidation sites excluding steroid dienone is 1. The van der Waals surface area contributed by atoms with Crippen molar-refractivity contribution in [2.24, 2.45) is 62.1 Å². The fourth-order valence-corrected chi connectivity index (χ4v) is 14.2. The maximum absolute atomic E-state index is 14.5. The van der Waals surface area contributed by atoms with Crippen LogP contribution < -0.4 is 5.32 Å². The first-order valence-corrected chi connectivity index (χ1v) is 22.3. The van der Waals surface area contributed by atoms with Crippen molar-refractivity contribution in [2.75, 3.05) is 6.54 Å². The smallest absolute Gasteiger partial charge is 0.309 e. The molecule has 0 aromatic carbocycles. The zero-order valence-electron chi connectivity index (χ0n) is 36.0. The first-order valence-electron chi connectivity index (χ1n) is 22.3. The molecule has 312 valence electrons. The quantitative estimate of drug-likeness (QED) is 0.0763. The highest BCUT2D eigenvalue weighted by molar-refractivity contribution is 5.84. The molecule has 8 heteroatoms. The van der Waals surface area contributed by atoms with Gasteiger partial charge in [0.2, 0.25) is 5.91 Å². The number of carbonyl (C=O) groups excluding carboxylic acids is 2. The Labute approximate surface area is 333 Å². The lowest BCUT2D eigenvalue weighted by atomic mass is 9.32. The molecule has 5 aliphatic carbocycles. The molecule has 0 saturated heterocycles. The summed E-state index contributed by atoms with van der Waals surface area (Å²) in [6.07, 6.45) is 18.9. The minimum Gasteiger partial charge on any atom is -0.481 e. The van der Waals surface area contributed by atoms with Crippen LogP contribution >= 0.6 is 0 Å². The lowest BCUT2D eigenvalue weighted by Crippen LogP contribution is -2.67. The van der Waals surface area contributed by atoms with Gasteiger partial charge >= 0.3 is 17.9 Å². The predicted octanol–water partition coefficient (Wildman–Crippen LogP) is 10.8. The normalized spacial score (nSPS) is 37.7. The van der Waals surface area contributed by atoms with E-state index < -0.39 is 23.3 Å². The van der Waals surface area contributed by atoms with E-state index in [9.17, 15) is 24.3 Å². The molecule has 5 fully saturated rings. The topological polar surface area (TPSA) is 130 Å². The Hall–Kier alpha value is -2.38. The monoisotopic (exact) mass is 768 g/mol. The van der Waals surface area contributed by atoms with Crippen LogP contribution in [0.5, 0.6) is 0 Å². The molecule has 55 heavy (non-hydrogen) atoms. The van der Waals surface area contributed by atoms with Crippen molar-refractivity contribution in [1.82, 2.24) is 5.32 Å². The lowest BCUT2D eigenvalue weighted by molar-refractivity contribution is -0.249. The number of aliphatic carboxylic acids is 2. The van der Waals surface area contributed by atoms with Crippen LogP contribution in [-0.2, 0) is 23.9 Å². The summed E-state index contributed by atoms with van der Waals surface area (Å²) < 4.78 is 6.18. The van der Waals surface area contributed by atoms with Crippen molar-refractivity contribution in [3.8, 4) is 0 Å². The van der Waals surface area contributed by atoms with Crippen LogP contribution in [0.25, 0.3) is 0 Å². The summed E-state index contributed by atoms with van der Waals surface area (Å²) in [6, 6.07) is 0. The maximum Gasteiger partial charge on any atom is 0.309 e. The number of ether oxygens (including phenoxy) is 1. The van der Waals surface area contributed by atoms with E-state index in [0.29, 0.717) is 35.5 Å². The van der Waals surface area contributed by atoms with Crippen molar-refractivity contribution >= 4 is 23.8 Å². The van der Waals surface area contributed by atoms with Crippen LogP contribution in [-0.4, -0.2) is 46.7 Å². The van der Waals surface area contributed by atoms with Gasteiger partial charge in [-0.25, -0.2) is 0 Å². The number of fused-ring (bicyclic) bond motifs is 7. The molecule has 5 rings (SSSR count). The van der Waals surface area contributed by atoms with E-state index in [1.54, 1.807) is 13.8 Å². The number of hydrogen-bond acceptors (Lipinski definition) is 5. The number of carbonyl (C=O) groups is 4. The second-order valence-electron chi connectivity index (χ2n) is 21.3. The van der Waals surface area contributed by atoms with Gasteiger partial charge in [-0.2, -0.15) is 0 Å². The molecule has 3 N–H and O–H groups in total. The van der Waals surface area contributed by atoms with Crippen molar-refractivity contribution in [3.63, 3.8) is 0 Å². The third-order valence-electron chi connectivity index (χ3n) is 17.5. The molecule has 3 unspecified atom stereocenters. The SMILES string of the molecule is C=C(C)C1CC[C@]2(C(=O)NCCCCCCCCCCC(=O)O)CC[C@]3(C)[C@H](CCC4[C@@]5(C)CCC(OC(=O)CC(C)(C)C(=O)O)C(C)(C)[C@@H]5CC[C@]43C)[C@@H]12. The van der Waals surface area contributed by atoms with Gasteiger partial charge in [0.15, 0.2) is 0 Å². The van der Waals surface area contributed by atoms with E-state index in [4.69, 9.17) is 9.84 Å². The zero-order valence-corrected chi connectivity index (χ0v) is 36.0. The van der Waals surface area contributed by atoms with E-state index >= 15 is 0 Å². The zero-order chi connectivity index (χ0) is 40.6. The van der Waals surface area contributed by atoms with Crippen molar-refractivity contribution in [3.05, 3.63) is 12.2 Å². The van der Waals surface area contributed by atoms with Gasteiger partial charge in [0.05, 0.1) is 17.3 Å². The van der Waals surface area contributed by atoms with Gasteiger partial charge in [-0.05, 0) is 144 Å². The Morgan fingerprint density at radius 3 is 2.00 bits per heavy atom. The summed E-state index contributed by atoms with van der Waals surface area (Å²) >= 11 is 0. The third-order valence-corrected chi connectivity index (χ3v) is 17.5. The number of hydrogen-bond donors (Lipinski definition) is 3. The summed E-state index contributed by atoms with van der Waals surface area (Å²) in [4.78, 5) is 50.0. The fourth-order valence-electron chi connectivity index (χ4n) is 14.2. The Kier molecular flexibility index (Phi) is 13.1. The summed E-state index contributed by atoms with van der Waals surface area (Å²) in [5.41, 5.74) is -0.0468. The molecule has 1 amide bonds. The first kappa shape index (κ1) is 43.7. The Morgan fingerprint density at radius 1 is 0.745 bits per heavy atom. The van der Waals surface area contributed by atoms with Gasteiger partial charge in [0.25, 0.3) is 0 Å². The highest BCUT2D eigenvalue weighted by atomic mass is 16.5. The van der Waals surface area contributed by atoms with Gasteiger partial charge in [-0.3, -0.25) is 19.2 Å². The summed E-state index contributed by atoms with van der Waals surface area (Å²) in [7, 11) is 0. The van der Waals surface area contributed by atoms with E-state index in [0.717, 1.165) is 109 Å². The van der Waals surface area contributed by atoms with E-state index in [2.05, 4.69) is 53.4 Å². The number of esters is 1. The molecule has 0 aliphatic heterocycles. The molecule has 0 heterocycles. The summed E-state index contributed by atoms with van der Waals surface area (Å²) in [6.45, 7) is 23.0. The Morgan fingerprint density at radius 2 is 1.38 bits per heavy atom. The molecule has 0 bridgehead atoms. The summed E-state index contributed by atoms with van der Waals surface area (Å²) in [5.74, 6) is 0.363. The van der Waals surface area contributed by atoms with E-state index in [-0.39, 0.29) is 46.0 Å². The van der Waals surface area contributed by atoms with Gasteiger partial charge < -0.3 is 20.3 Å². The van der Waals surface area contributed by atoms with Gasteiger partial charge in [0.1, 0.15) is 6.10 Å². The minimum atomic E-state index is -1.15. The Balaban J connectivity index is 1.25. The van der Waals surface area contributed by atoms with Crippen LogP contribution in [0.15, 0.2) is 12.2 Å². The van der Waals surface area contributed by atoms with Crippen LogP contribution in [0.3, 0.4) is 0 Å². The number of carboxylic acid groups (broad SMARTS) is 2. The van der Waals surface area contributed by atoms with Gasteiger partial charge in [-0.15, -0.1) is 0 Å². The molecule has 0 aromatic rings. The van der Waals surface area contributed by atoms with Crippen LogP contribution in [0.4, 0.5) is 0 Å². The summed E-state index contributed by atoms with van der Waals surface area (Å²) in [5, 5.41) is 21.9. The molecule has 5 aliphatic rings. The average molecular weight is 768 g/mol. The van der Waals surface area contributed by atoms with Crippen LogP contribution in [0.2, 0.25) is 0 Å². The first-order chi connectivity index (χ1) is 25.7. The number of nitrogens with one attached hydrogen (secondary N) is 1. The van der Waals surface area contributed by atoms with E-state index in [1.165, 1.54) is 18.4 Å². The largest absolute Gasteiger partial charge is 0.481 e. The van der Waals surface area contributed by atoms with Crippen molar-refractivity contribution in [1.29, 1.82) is 0 Å². The second-order valence-corrected chi connectivity index (χ2v) is 21.3. The Bertz CT molecular complexity index is 1450. The van der Waals surface area contributed by atoms with Crippen LogP contribution in [0.1, 0.15) is 184 Å². The predicted molar refractivity (Wildman–Crippen MR) is 217 cm³/mol. The van der Waals surface area contributed by atoms with Gasteiger partial charge in [0, 0.05) is 18.4 Å². The minimum absolute atomic E-state index is 0.114. The molecular formula is C47H77NO7. The molecule has 0 spiro atoms. The maximum atomic E-state index is 14.5. The van der Waals surface area contributed by atoms with Crippen molar-refractivity contribution < 1.29 is 34.1 Å². The third kappa shape index (κ3) is 8.05. The molecule has 0 aromatic heterocycles. The lowest BCUT2D eigenvalue weighted by Gasteiger charge is -2.72. The standard InChI is InChI=1S/C47H77NO7/c1-31(2)32-21-26-47(40(52)48-29-17-15-13-11-10-12-14-16-18-37(49)50)28-27-45(8)33(39(32)47)19-20-35-44(7)24-23-36(55-38(51)30-42(3,4)41(53)54)43(5,6)34(44)22-25-46(35,45)9/h32-36,39H,1,10-30H2,2-9H3,(H,48,52)(H,49,50)(H,53,54)/t32?,33-,34+,35?,36?,39-,44+,45-,46-,47+/m1/s1. The molecule has 0 radical (unpaired) electrons. The molecule has 5 saturated carbocycles. The molecule has 10 atom stereocenters. The second kappa shape index (κ2) is 16.5. The van der Waals surface area contributed by atoms with E-state index in [1.807, 2.05) is 0 Å². The number of unbranched alkanes of at least 4 members (excludes halogenated alkanes) is 7. The average Bonchev–Trinajstić information content (AvgIpc) is 3.50. The van der Waals surface area contributed by atoms with Crippen molar-refractivity contribution in [2.45, 2.75) is 190 Å². The molecular weight excluding hydrogens is 691 g/mol. The number of carboxylic acids is 2. The highest BCUT2D eigenvalue weighted by Gasteiger charge is 2.72. The fraction of sp³-hybridized carbons (Fsp3) is 0.872. The van der Waals surface area contributed by atoms with Gasteiger partial charge in [-0.1, -0.05) is 85.3 Å². The highest BCUT2D eigenvalue weighted by Crippen LogP contribution is 2.77.